The Bertz CT molecular complexity index is 684. The van der Waals surface area contributed by atoms with Crippen molar-refractivity contribution in [3.63, 3.8) is 0 Å². The van der Waals surface area contributed by atoms with E-state index in [1.807, 2.05) is 40.1 Å². The van der Waals surface area contributed by atoms with Crippen molar-refractivity contribution in [2.75, 3.05) is 13.2 Å². The largest absolute Gasteiger partial charge is 0.353 e. The number of hydrogen-bond donors (Lipinski definition) is 0. The average Bonchev–Trinajstić information content (AvgIpc) is 3.07. The Kier molecular flexibility index (Phi) is 5.22. The predicted octanol–water partition coefficient (Wildman–Crippen LogP) is 3.59. The summed E-state index contributed by atoms with van der Waals surface area (Å²) < 4.78 is 6.25. The summed E-state index contributed by atoms with van der Waals surface area (Å²) in [7, 11) is 0. The van der Waals surface area contributed by atoms with Gasteiger partial charge in [0.05, 0.1) is 6.61 Å². The van der Waals surface area contributed by atoms with E-state index >= 15 is 0 Å². The van der Waals surface area contributed by atoms with Gasteiger partial charge in [-0.1, -0.05) is 24.6 Å². The van der Waals surface area contributed by atoms with Gasteiger partial charge in [-0.15, -0.1) is 0 Å². The van der Waals surface area contributed by atoms with Crippen LogP contribution in [0.4, 0.5) is 0 Å². The van der Waals surface area contributed by atoms with Crippen molar-refractivity contribution < 1.29 is 14.3 Å². The lowest BCUT2D eigenvalue weighted by atomic mass is 9.89. The molecule has 1 spiro atoms. The van der Waals surface area contributed by atoms with E-state index in [-0.39, 0.29) is 17.9 Å². The van der Waals surface area contributed by atoms with E-state index in [2.05, 4.69) is 6.92 Å². The number of amides is 2. The molecule has 2 unspecified atom stereocenters. The smallest absolute Gasteiger partial charge is 0.256 e. The third-order valence-electron chi connectivity index (χ3n) is 6.51. The molecule has 1 aromatic rings. The first-order valence-corrected chi connectivity index (χ1v) is 10.5. The number of likely N-dealkylation sites (tertiary alicyclic amines) is 1. The SMILES string of the molecule is CC1CCCCN1C(=O)C1COC2(CCCCC2)N1C(=O)c1ccccc1. The molecule has 27 heavy (non-hydrogen) atoms. The highest BCUT2D eigenvalue weighted by Crippen LogP contribution is 2.42. The first-order valence-electron chi connectivity index (χ1n) is 10.5. The molecule has 2 heterocycles. The van der Waals surface area contributed by atoms with Crippen LogP contribution in [0.15, 0.2) is 30.3 Å². The summed E-state index contributed by atoms with van der Waals surface area (Å²) >= 11 is 0. The summed E-state index contributed by atoms with van der Waals surface area (Å²) in [5, 5.41) is 0. The maximum Gasteiger partial charge on any atom is 0.256 e. The molecule has 0 aromatic heterocycles. The first-order chi connectivity index (χ1) is 13.1. The molecular weight excluding hydrogens is 340 g/mol. The van der Waals surface area contributed by atoms with Gasteiger partial charge in [-0.2, -0.15) is 0 Å². The van der Waals surface area contributed by atoms with Crippen molar-refractivity contribution in [3.05, 3.63) is 35.9 Å². The normalized spacial score (nSPS) is 27.7. The van der Waals surface area contributed by atoms with E-state index in [1.54, 1.807) is 0 Å². The quantitative estimate of drug-likeness (QED) is 0.799. The lowest BCUT2D eigenvalue weighted by molar-refractivity contribution is -0.140. The number of piperidine rings is 1. The van der Waals surface area contributed by atoms with E-state index in [1.165, 1.54) is 12.8 Å². The number of benzene rings is 1. The van der Waals surface area contributed by atoms with Gasteiger partial charge in [0.2, 0.25) is 5.91 Å². The predicted molar refractivity (Wildman–Crippen MR) is 103 cm³/mol. The van der Waals surface area contributed by atoms with Gasteiger partial charge >= 0.3 is 0 Å². The van der Waals surface area contributed by atoms with E-state index in [9.17, 15) is 9.59 Å². The molecule has 5 nitrogen and oxygen atoms in total. The van der Waals surface area contributed by atoms with E-state index in [0.717, 1.165) is 45.1 Å². The second-order valence-corrected chi connectivity index (χ2v) is 8.25. The van der Waals surface area contributed by atoms with Gasteiger partial charge in [0.25, 0.3) is 5.91 Å². The van der Waals surface area contributed by atoms with Gasteiger partial charge in [-0.3, -0.25) is 14.5 Å². The van der Waals surface area contributed by atoms with Crippen LogP contribution in [0.1, 0.15) is 68.6 Å². The summed E-state index contributed by atoms with van der Waals surface area (Å²) in [5.74, 6) is -0.00746. The third kappa shape index (κ3) is 3.38. The first kappa shape index (κ1) is 18.5. The standard InChI is InChI=1S/C22H30N2O3/c1-17-10-6-9-15-23(17)21(26)19-16-27-22(13-7-3-8-14-22)24(19)20(25)18-11-4-2-5-12-18/h2,4-5,11-12,17,19H,3,6-10,13-16H2,1H3. The highest BCUT2D eigenvalue weighted by molar-refractivity contribution is 5.98. The van der Waals surface area contributed by atoms with Crippen LogP contribution in [-0.2, 0) is 9.53 Å². The number of carbonyl (C=O) groups is 2. The molecule has 0 bridgehead atoms. The van der Waals surface area contributed by atoms with Gasteiger partial charge in [-0.05, 0) is 64.0 Å². The van der Waals surface area contributed by atoms with Crippen LogP contribution in [0.2, 0.25) is 0 Å². The molecule has 2 amide bonds. The van der Waals surface area contributed by atoms with E-state index in [0.29, 0.717) is 12.2 Å². The number of nitrogens with zero attached hydrogens (tertiary/aromatic N) is 2. The minimum Gasteiger partial charge on any atom is -0.353 e. The Morgan fingerprint density at radius 2 is 1.78 bits per heavy atom. The molecule has 3 fully saturated rings. The summed E-state index contributed by atoms with van der Waals surface area (Å²) in [4.78, 5) is 30.7. The molecule has 1 aromatic carbocycles. The minimum absolute atomic E-state index is 0.0638. The third-order valence-corrected chi connectivity index (χ3v) is 6.51. The molecule has 2 saturated heterocycles. The maximum absolute atomic E-state index is 13.5. The van der Waals surface area contributed by atoms with Crippen LogP contribution in [0, 0.1) is 0 Å². The number of hydrogen-bond acceptors (Lipinski definition) is 3. The van der Waals surface area contributed by atoms with E-state index in [4.69, 9.17) is 4.74 Å². The average molecular weight is 370 g/mol. The lowest BCUT2D eigenvalue weighted by Crippen LogP contribution is -2.58. The van der Waals surface area contributed by atoms with Crippen molar-refractivity contribution in [3.8, 4) is 0 Å². The van der Waals surface area contributed by atoms with Crippen molar-refractivity contribution in [1.82, 2.24) is 9.80 Å². The van der Waals surface area contributed by atoms with Gasteiger partial charge in [0.1, 0.15) is 11.8 Å². The second kappa shape index (κ2) is 7.63. The lowest BCUT2D eigenvalue weighted by Gasteiger charge is -2.43. The molecule has 2 atom stereocenters. The Labute approximate surface area is 161 Å². The molecule has 0 radical (unpaired) electrons. The summed E-state index contributed by atoms with van der Waals surface area (Å²) in [6, 6.07) is 9.07. The summed E-state index contributed by atoms with van der Waals surface area (Å²) in [6.07, 6.45) is 8.15. The number of rotatable bonds is 2. The molecular formula is C22H30N2O3. The fraction of sp³-hybridized carbons (Fsp3) is 0.636. The van der Waals surface area contributed by atoms with Crippen LogP contribution in [0.3, 0.4) is 0 Å². The van der Waals surface area contributed by atoms with Gasteiger partial charge < -0.3 is 9.64 Å². The molecule has 3 aliphatic rings. The van der Waals surface area contributed by atoms with Crippen LogP contribution in [0.5, 0.6) is 0 Å². The monoisotopic (exact) mass is 370 g/mol. The molecule has 1 aliphatic carbocycles. The minimum atomic E-state index is -0.607. The molecule has 1 saturated carbocycles. The highest BCUT2D eigenvalue weighted by atomic mass is 16.5. The van der Waals surface area contributed by atoms with Crippen molar-refractivity contribution in [1.29, 1.82) is 0 Å². The van der Waals surface area contributed by atoms with Crippen molar-refractivity contribution in [2.24, 2.45) is 0 Å². The fourth-order valence-corrected chi connectivity index (χ4v) is 5.00. The molecule has 5 heteroatoms. The second-order valence-electron chi connectivity index (χ2n) is 8.25. The van der Waals surface area contributed by atoms with Crippen LogP contribution < -0.4 is 0 Å². The molecule has 146 valence electrons. The zero-order valence-electron chi connectivity index (χ0n) is 16.2. The van der Waals surface area contributed by atoms with Crippen LogP contribution >= 0.6 is 0 Å². The van der Waals surface area contributed by atoms with Crippen molar-refractivity contribution in [2.45, 2.75) is 76.1 Å². The zero-order chi connectivity index (χ0) is 18.9. The van der Waals surface area contributed by atoms with Gasteiger partial charge in [-0.25, -0.2) is 0 Å². The Morgan fingerprint density at radius 1 is 1.04 bits per heavy atom. The maximum atomic E-state index is 13.5. The van der Waals surface area contributed by atoms with Gasteiger partial charge in [0.15, 0.2) is 0 Å². The molecule has 2 aliphatic heterocycles. The molecule has 4 rings (SSSR count). The summed E-state index contributed by atoms with van der Waals surface area (Å²) in [6.45, 7) is 3.23. The van der Waals surface area contributed by atoms with Gasteiger partial charge in [0, 0.05) is 18.2 Å². The Morgan fingerprint density at radius 3 is 2.48 bits per heavy atom. The van der Waals surface area contributed by atoms with Crippen LogP contribution in [-0.4, -0.2) is 52.6 Å². The number of carbonyl (C=O) groups excluding carboxylic acids is 2. The fourth-order valence-electron chi connectivity index (χ4n) is 5.00. The number of ether oxygens (including phenoxy) is 1. The van der Waals surface area contributed by atoms with Crippen molar-refractivity contribution >= 4 is 11.8 Å². The molecule has 0 N–H and O–H groups in total. The Hall–Kier alpha value is -1.88. The topological polar surface area (TPSA) is 49.9 Å². The highest BCUT2D eigenvalue weighted by Gasteiger charge is 2.54. The summed E-state index contributed by atoms with van der Waals surface area (Å²) in [5.41, 5.74) is 0.0299. The Balaban J connectivity index is 1.65. The zero-order valence-corrected chi connectivity index (χ0v) is 16.2. The van der Waals surface area contributed by atoms with Crippen LogP contribution in [0.25, 0.3) is 0 Å². The van der Waals surface area contributed by atoms with E-state index < -0.39 is 11.8 Å².